The first-order chi connectivity index (χ1) is 10.2. The van der Waals surface area contributed by atoms with Crippen LogP contribution in [0.25, 0.3) is 0 Å². The van der Waals surface area contributed by atoms with E-state index in [0.29, 0.717) is 18.5 Å². The second-order valence-electron chi connectivity index (χ2n) is 5.42. The standard InChI is InChI=1S/C17H24BrN3/c1-3-15(4-2)21-10-9-14(20-21)11-13(12-19)16-7-5-6-8-17(16)18/h5-10,13,15H,3-4,11-12,19H2,1-2H3. The third-order valence-corrected chi connectivity index (χ3v) is 4.79. The number of nitrogens with two attached hydrogens (primary N) is 1. The number of nitrogens with zero attached hydrogens (tertiary/aromatic N) is 2. The van der Waals surface area contributed by atoms with Crippen LogP contribution >= 0.6 is 15.9 Å². The van der Waals surface area contributed by atoms with E-state index in [1.807, 2.05) is 6.07 Å². The van der Waals surface area contributed by atoms with Crippen LogP contribution < -0.4 is 5.73 Å². The number of rotatable bonds is 7. The Kier molecular flexibility index (Phi) is 6.00. The van der Waals surface area contributed by atoms with Crippen LogP contribution in [0.15, 0.2) is 41.0 Å². The average Bonchev–Trinajstić information content (AvgIpc) is 2.95. The zero-order valence-corrected chi connectivity index (χ0v) is 14.4. The summed E-state index contributed by atoms with van der Waals surface area (Å²) in [5.74, 6) is 0.297. The van der Waals surface area contributed by atoms with Crippen molar-refractivity contribution < 1.29 is 0 Å². The first kappa shape index (κ1) is 16.2. The van der Waals surface area contributed by atoms with Gasteiger partial charge in [0.25, 0.3) is 0 Å². The SMILES string of the molecule is CCC(CC)n1ccc(CC(CN)c2ccccc2Br)n1. The summed E-state index contributed by atoms with van der Waals surface area (Å²) in [5, 5.41) is 4.74. The molecule has 0 saturated carbocycles. The molecule has 0 saturated heterocycles. The molecular formula is C17H24BrN3. The van der Waals surface area contributed by atoms with E-state index in [1.54, 1.807) is 0 Å². The maximum Gasteiger partial charge on any atom is 0.0631 e. The lowest BCUT2D eigenvalue weighted by molar-refractivity contribution is 0.424. The molecule has 0 fully saturated rings. The Morgan fingerprint density at radius 3 is 2.52 bits per heavy atom. The number of halogens is 1. The zero-order chi connectivity index (χ0) is 15.2. The highest BCUT2D eigenvalue weighted by Gasteiger charge is 2.16. The highest BCUT2D eigenvalue weighted by atomic mass is 79.9. The molecule has 0 aliphatic heterocycles. The van der Waals surface area contributed by atoms with Crippen LogP contribution in [0.3, 0.4) is 0 Å². The lowest BCUT2D eigenvalue weighted by Crippen LogP contribution is -2.16. The number of aromatic nitrogens is 2. The summed E-state index contributed by atoms with van der Waals surface area (Å²) in [7, 11) is 0. The summed E-state index contributed by atoms with van der Waals surface area (Å²) in [6.07, 6.45) is 5.21. The summed E-state index contributed by atoms with van der Waals surface area (Å²) < 4.78 is 3.23. The Morgan fingerprint density at radius 2 is 1.90 bits per heavy atom. The molecule has 0 aliphatic carbocycles. The lowest BCUT2D eigenvalue weighted by atomic mass is 9.94. The maximum absolute atomic E-state index is 5.99. The molecule has 2 aromatic rings. The van der Waals surface area contributed by atoms with E-state index in [0.717, 1.165) is 29.4 Å². The van der Waals surface area contributed by atoms with Crippen molar-refractivity contribution in [2.24, 2.45) is 5.73 Å². The molecule has 1 atom stereocenters. The highest BCUT2D eigenvalue weighted by molar-refractivity contribution is 9.10. The van der Waals surface area contributed by atoms with E-state index in [2.05, 4.69) is 64.9 Å². The van der Waals surface area contributed by atoms with E-state index < -0.39 is 0 Å². The third-order valence-electron chi connectivity index (χ3n) is 4.07. The largest absolute Gasteiger partial charge is 0.330 e. The van der Waals surface area contributed by atoms with Gasteiger partial charge >= 0.3 is 0 Å². The van der Waals surface area contributed by atoms with Gasteiger partial charge in [0.1, 0.15) is 0 Å². The van der Waals surface area contributed by atoms with Gasteiger partial charge in [0, 0.05) is 16.6 Å². The quantitative estimate of drug-likeness (QED) is 0.809. The van der Waals surface area contributed by atoms with Gasteiger partial charge in [-0.25, -0.2) is 0 Å². The highest BCUT2D eigenvalue weighted by Crippen LogP contribution is 2.27. The maximum atomic E-state index is 5.99. The minimum Gasteiger partial charge on any atom is -0.330 e. The summed E-state index contributed by atoms with van der Waals surface area (Å²) in [6.45, 7) is 5.04. The predicted octanol–water partition coefficient (Wildman–Crippen LogP) is 4.29. The fourth-order valence-electron chi connectivity index (χ4n) is 2.73. The van der Waals surface area contributed by atoms with Crippen molar-refractivity contribution in [1.82, 2.24) is 9.78 Å². The lowest BCUT2D eigenvalue weighted by Gasteiger charge is -2.16. The summed E-state index contributed by atoms with van der Waals surface area (Å²) in [5.41, 5.74) is 8.36. The van der Waals surface area contributed by atoms with Crippen molar-refractivity contribution >= 4 is 15.9 Å². The first-order valence-corrected chi connectivity index (χ1v) is 8.47. The van der Waals surface area contributed by atoms with Gasteiger partial charge in [-0.3, -0.25) is 4.68 Å². The molecule has 1 aromatic heterocycles. The average molecular weight is 350 g/mol. The minimum absolute atomic E-state index is 0.297. The first-order valence-electron chi connectivity index (χ1n) is 7.68. The minimum atomic E-state index is 0.297. The zero-order valence-electron chi connectivity index (χ0n) is 12.8. The van der Waals surface area contributed by atoms with Crippen molar-refractivity contribution in [3.63, 3.8) is 0 Å². The molecule has 2 N–H and O–H groups in total. The predicted molar refractivity (Wildman–Crippen MR) is 91.5 cm³/mol. The molecular weight excluding hydrogens is 326 g/mol. The molecule has 4 heteroatoms. The number of benzene rings is 1. The van der Waals surface area contributed by atoms with Crippen LogP contribution in [-0.4, -0.2) is 16.3 Å². The molecule has 114 valence electrons. The topological polar surface area (TPSA) is 43.8 Å². The van der Waals surface area contributed by atoms with Gasteiger partial charge in [0.05, 0.1) is 11.7 Å². The smallest absolute Gasteiger partial charge is 0.0631 e. The van der Waals surface area contributed by atoms with E-state index >= 15 is 0 Å². The van der Waals surface area contributed by atoms with E-state index in [-0.39, 0.29) is 0 Å². The van der Waals surface area contributed by atoms with Crippen molar-refractivity contribution in [2.75, 3.05) is 6.54 Å². The fourth-order valence-corrected chi connectivity index (χ4v) is 3.34. The van der Waals surface area contributed by atoms with Crippen LogP contribution in [0.1, 0.15) is 49.9 Å². The van der Waals surface area contributed by atoms with Crippen LogP contribution in [0.4, 0.5) is 0 Å². The Hall–Kier alpha value is -1.13. The summed E-state index contributed by atoms with van der Waals surface area (Å²) in [6, 6.07) is 10.9. The van der Waals surface area contributed by atoms with Crippen LogP contribution in [0.5, 0.6) is 0 Å². The number of hydrogen-bond acceptors (Lipinski definition) is 2. The molecule has 21 heavy (non-hydrogen) atoms. The van der Waals surface area contributed by atoms with Gasteiger partial charge in [-0.1, -0.05) is 48.0 Å². The number of hydrogen-bond donors (Lipinski definition) is 1. The van der Waals surface area contributed by atoms with Crippen LogP contribution in [0, 0.1) is 0 Å². The molecule has 0 spiro atoms. The summed E-state index contributed by atoms with van der Waals surface area (Å²) >= 11 is 3.62. The van der Waals surface area contributed by atoms with Crippen molar-refractivity contribution in [3.8, 4) is 0 Å². The van der Waals surface area contributed by atoms with Gasteiger partial charge in [-0.2, -0.15) is 5.10 Å². The molecule has 1 aromatic carbocycles. The Morgan fingerprint density at radius 1 is 1.19 bits per heavy atom. The molecule has 3 nitrogen and oxygen atoms in total. The second kappa shape index (κ2) is 7.76. The molecule has 1 heterocycles. The van der Waals surface area contributed by atoms with Gasteiger partial charge in [-0.05, 0) is 43.5 Å². The van der Waals surface area contributed by atoms with Gasteiger partial charge in [-0.15, -0.1) is 0 Å². The fraction of sp³-hybridized carbons (Fsp3) is 0.471. The summed E-state index contributed by atoms with van der Waals surface area (Å²) in [4.78, 5) is 0. The molecule has 0 amide bonds. The second-order valence-corrected chi connectivity index (χ2v) is 6.27. The molecule has 0 aliphatic rings. The van der Waals surface area contributed by atoms with Gasteiger partial charge < -0.3 is 5.73 Å². The van der Waals surface area contributed by atoms with Crippen LogP contribution in [0.2, 0.25) is 0 Å². The van der Waals surface area contributed by atoms with E-state index in [1.165, 1.54) is 5.56 Å². The van der Waals surface area contributed by atoms with E-state index in [9.17, 15) is 0 Å². The monoisotopic (exact) mass is 349 g/mol. The third kappa shape index (κ3) is 3.95. The van der Waals surface area contributed by atoms with Crippen molar-refractivity contribution in [3.05, 3.63) is 52.3 Å². The van der Waals surface area contributed by atoms with Gasteiger partial charge in [0.2, 0.25) is 0 Å². The Labute approximate surface area is 135 Å². The van der Waals surface area contributed by atoms with Gasteiger partial charge in [0.15, 0.2) is 0 Å². The Balaban J connectivity index is 2.14. The van der Waals surface area contributed by atoms with Crippen LogP contribution in [-0.2, 0) is 6.42 Å². The molecule has 2 rings (SSSR count). The van der Waals surface area contributed by atoms with E-state index in [4.69, 9.17) is 10.8 Å². The normalized spacial score (nSPS) is 12.8. The molecule has 0 radical (unpaired) electrons. The van der Waals surface area contributed by atoms with Crippen molar-refractivity contribution in [1.29, 1.82) is 0 Å². The Bertz CT molecular complexity index is 561. The molecule has 0 bridgehead atoms. The molecule has 1 unspecified atom stereocenters. The van der Waals surface area contributed by atoms with Crippen molar-refractivity contribution in [2.45, 2.75) is 45.1 Å².